The van der Waals surface area contributed by atoms with Gasteiger partial charge in [0, 0.05) is 17.5 Å². The maximum atomic E-state index is 5.54. The van der Waals surface area contributed by atoms with Crippen LogP contribution in [-0.4, -0.2) is 6.54 Å². The van der Waals surface area contributed by atoms with Crippen LogP contribution in [0.5, 0.6) is 0 Å². The Hall–Kier alpha value is -1.28. The van der Waals surface area contributed by atoms with E-state index in [4.69, 9.17) is 4.42 Å². The zero-order valence-corrected chi connectivity index (χ0v) is 10.2. The van der Waals surface area contributed by atoms with Crippen molar-refractivity contribution in [1.29, 1.82) is 0 Å². The lowest BCUT2D eigenvalue weighted by atomic mass is 10.0. The molecule has 0 spiro atoms. The van der Waals surface area contributed by atoms with Gasteiger partial charge in [-0.25, -0.2) is 0 Å². The van der Waals surface area contributed by atoms with Gasteiger partial charge in [-0.15, -0.1) is 0 Å². The third-order valence-electron chi connectivity index (χ3n) is 2.91. The molecule has 0 aliphatic rings. The number of hydrogen-bond donors (Lipinski definition) is 1. The fourth-order valence-electron chi connectivity index (χ4n) is 1.86. The van der Waals surface area contributed by atoms with E-state index in [1.165, 1.54) is 16.5 Å². The molecule has 1 aromatic carbocycles. The van der Waals surface area contributed by atoms with E-state index in [0.717, 1.165) is 18.7 Å². The van der Waals surface area contributed by atoms with Crippen molar-refractivity contribution in [3.05, 3.63) is 35.6 Å². The molecule has 0 unspecified atom stereocenters. The molecule has 0 aliphatic carbocycles. The maximum Gasteiger partial charge on any atom is 0.134 e. The van der Waals surface area contributed by atoms with Crippen molar-refractivity contribution in [2.75, 3.05) is 6.54 Å². The Bertz CT molecular complexity index is 471. The first-order valence-electron chi connectivity index (χ1n) is 5.93. The van der Waals surface area contributed by atoms with Crippen LogP contribution in [0.3, 0.4) is 0 Å². The van der Waals surface area contributed by atoms with E-state index in [0.29, 0.717) is 5.92 Å². The van der Waals surface area contributed by atoms with Crippen LogP contribution < -0.4 is 5.32 Å². The SMILES string of the molecule is CCNCc1coc2ccc(C(C)C)cc12. The van der Waals surface area contributed by atoms with E-state index in [1.54, 1.807) is 0 Å². The number of hydrogen-bond acceptors (Lipinski definition) is 2. The molecule has 0 aliphatic heterocycles. The van der Waals surface area contributed by atoms with Crippen molar-refractivity contribution in [3.8, 4) is 0 Å². The van der Waals surface area contributed by atoms with Crippen LogP contribution >= 0.6 is 0 Å². The first kappa shape index (κ1) is 11.2. The third kappa shape index (κ3) is 2.12. The van der Waals surface area contributed by atoms with E-state index < -0.39 is 0 Å². The first-order valence-corrected chi connectivity index (χ1v) is 5.93. The highest BCUT2D eigenvalue weighted by Crippen LogP contribution is 2.25. The van der Waals surface area contributed by atoms with Crippen LogP contribution in [0.25, 0.3) is 11.0 Å². The molecule has 0 bridgehead atoms. The quantitative estimate of drug-likeness (QED) is 0.845. The van der Waals surface area contributed by atoms with Crippen LogP contribution in [-0.2, 0) is 6.54 Å². The molecule has 0 saturated heterocycles. The summed E-state index contributed by atoms with van der Waals surface area (Å²) in [7, 11) is 0. The van der Waals surface area contributed by atoms with E-state index in [9.17, 15) is 0 Å². The second kappa shape index (κ2) is 4.71. The Morgan fingerprint density at radius 2 is 2.12 bits per heavy atom. The van der Waals surface area contributed by atoms with Crippen molar-refractivity contribution in [3.63, 3.8) is 0 Å². The van der Waals surface area contributed by atoms with Crippen LogP contribution in [0.2, 0.25) is 0 Å². The molecular formula is C14H19NO. The molecule has 1 N–H and O–H groups in total. The molecule has 0 saturated carbocycles. The highest BCUT2D eigenvalue weighted by molar-refractivity contribution is 5.81. The lowest BCUT2D eigenvalue weighted by Gasteiger charge is -2.05. The normalized spacial score (nSPS) is 11.5. The van der Waals surface area contributed by atoms with Crippen LogP contribution in [0, 0.1) is 0 Å². The first-order chi connectivity index (χ1) is 7.72. The summed E-state index contributed by atoms with van der Waals surface area (Å²) in [4.78, 5) is 0. The summed E-state index contributed by atoms with van der Waals surface area (Å²) in [5, 5.41) is 4.57. The molecule has 2 aromatic rings. The number of nitrogens with one attached hydrogen (secondary N) is 1. The third-order valence-corrected chi connectivity index (χ3v) is 2.91. The lowest BCUT2D eigenvalue weighted by molar-refractivity contribution is 0.604. The van der Waals surface area contributed by atoms with Gasteiger partial charge in [0.05, 0.1) is 6.26 Å². The molecule has 1 heterocycles. The Morgan fingerprint density at radius 1 is 1.31 bits per heavy atom. The van der Waals surface area contributed by atoms with Crippen molar-refractivity contribution in [1.82, 2.24) is 5.32 Å². The van der Waals surface area contributed by atoms with Gasteiger partial charge in [0.1, 0.15) is 5.58 Å². The Kier molecular flexibility index (Phi) is 3.30. The second-order valence-electron chi connectivity index (χ2n) is 4.45. The van der Waals surface area contributed by atoms with Crippen LogP contribution in [0.1, 0.15) is 37.8 Å². The summed E-state index contributed by atoms with van der Waals surface area (Å²) in [5.41, 5.74) is 3.60. The fourth-order valence-corrected chi connectivity index (χ4v) is 1.86. The summed E-state index contributed by atoms with van der Waals surface area (Å²) in [6.07, 6.45) is 1.86. The van der Waals surface area contributed by atoms with Gasteiger partial charge in [-0.3, -0.25) is 0 Å². The summed E-state index contributed by atoms with van der Waals surface area (Å²) in [5.74, 6) is 0.561. The second-order valence-corrected chi connectivity index (χ2v) is 4.45. The molecule has 0 amide bonds. The van der Waals surface area contributed by atoms with E-state index >= 15 is 0 Å². The molecule has 0 radical (unpaired) electrons. The predicted molar refractivity (Wildman–Crippen MR) is 67.7 cm³/mol. The number of furan rings is 1. The molecule has 0 fully saturated rings. The summed E-state index contributed by atoms with van der Waals surface area (Å²) >= 11 is 0. The Morgan fingerprint density at radius 3 is 2.81 bits per heavy atom. The van der Waals surface area contributed by atoms with Crippen molar-refractivity contribution in [2.45, 2.75) is 33.2 Å². The van der Waals surface area contributed by atoms with Gasteiger partial charge in [-0.1, -0.05) is 26.8 Å². The molecule has 86 valence electrons. The summed E-state index contributed by atoms with van der Waals surface area (Å²) < 4.78 is 5.54. The Labute approximate surface area is 96.6 Å². The standard InChI is InChI=1S/C14H19NO/c1-4-15-8-12-9-16-14-6-5-11(10(2)3)7-13(12)14/h5-7,9-10,15H,4,8H2,1-3H3. The highest BCUT2D eigenvalue weighted by atomic mass is 16.3. The largest absolute Gasteiger partial charge is 0.464 e. The summed E-state index contributed by atoms with van der Waals surface area (Å²) in [6, 6.07) is 6.46. The van der Waals surface area contributed by atoms with E-state index in [2.05, 4.69) is 44.3 Å². The average molecular weight is 217 g/mol. The lowest BCUT2D eigenvalue weighted by Crippen LogP contribution is -2.11. The number of fused-ring (bicyclic) bond motifs is 1. The molecule has 1 aromatic heterocycles. The smallest absolute Gasteiger partial charge is 0.134 e. The summed E-state index contributed by atoms with van der Waals surface area (Å²) in [6.45, 7) is 8.40. The Balaban J connectivity index is 2.39. The molecular weight excluding hydrogens is 198 g/mol. The maximum absolute atomic E-state index is 5.54. The fraction of sp³-hybridized carbons (Fsp3) is 0.429. The monoisotopic (exact) mass is 217 g/mol. The average Bonchev–Trinajstić information content (AvgIpc) is 2.68. The van der Waals surface area contributed by atoms with Gasteiger partial charge in [-0.05, 0) is 30.2 Å². The molecule has 0 atom stereocenters. The molecule has 2 rings (SSSR count). The van der Waals surface area contributed by atoms with Gasteiger partial charge in [0.15, 0.2) is 0 Å². The van der Waals surface area contributed by atoms with Crippen molar-refractivity contribution < 1.29 is 4.42 Å². The van der Waals surface area contributed by atoms with Gasteiger partial charge in [-0.2, -0.15) is 0 Å². The van der Waals surface area contributed by atoms with Crippen LogP contribution in [0.4, 0.5) is 0 Å². The molecule has 2 heteroatoms. The van der Waals surface area contributed by atoms with Gasteiger partial charge >= 0.3 is 0 Å². The number of rotatable bonds is 4. The minimum atomic E-state index is 0.561. The van der Waals surface area contributed by atoms with Gasteiger partial charge in [0.2, 0.25) is 0 Å². The van der Waals surface area contributed by atoms with E-state index in [1.807, 2.05) is 6.26 Å². The van der Waals surface area contributed by atoms with Crippen molar-refractivity contribution in [2.24, 2.45) is 0 Å². The topological polar surface area (TPSA) is 25.2 Å². The molecule has 2 nitrogen and oxygen atoms in total. The van der Waals surface area contributed by atoms with E-state index in [-0.39, 0.29) is 0 Å². The van der Waals surface area contributed by atoms with Gasteiger partial charge < -0.3 is 9.73 Å². The zero-order valence-electron chi connectivity index (χ0n) is 10.2. The van der Waals surface area contributed by atoms with Crippen LogP contribution in [0.15, 0.2) is 28.9 Å². The van der Waals surface area contributed by atoms with Gasteiger partial charge in [0.25, 0.3) is 0 Å². The zero-order chi connectivity index (χ0) is 11.5. The van der Waals surface area contributed by atoms with Crippen molar-refractivity contribution >= 4 is 11.0 Å². The minimum absolute atomic E-state index is 0.561. The highest BCUT2D eigenvalue weighted by Gasteiger charge is 2.07. The molecule has 16 heavy (non-hydrogen) atoms. The number of benzene rings is 1. The minimum Gasteiger partial charge on any atom is -0.464 e. The predicted octanol–water partition coefficient (Wildman–Crippen LogP) is 3.67.